The first kappa shape index (κ1) is 17.9. The first-order chi connectivity index (χ1) is 13.5. The lowest BCUT2D eigenvalue weighted by Crippen LogP contribution is -2.21. The highest BCUT2D eigenvalue weighted by Crippen LogP contribution is 2.26. The summed E-state index contributed by atoms with van der Waals surface area (Å²) in [6.45, 7) is 1.82. The standard InChI is InChI=1S/C21H15ClN4O2/c1-13-5-4-8-19(25-13)26-20(27)16-7-3-2-6-15(16)17(21(26)28)12-24-18-10-9-14(22)11-23-18/h2-12,28H,1H3. The Kier molecular flexibility index (Phi) is 4.63. The molecule has 0 spiro atoms. The lowest BCUT2D eigenvalue weighted by atomic mass is 10.1. The summed E-state index contributed by atoms with van der Waals surface area (Å²) in [5, 5.41) is 12.5. The number of aliphatic imine (C=N–C) groups is 1. The van der Waals surface area contributed by atoms with Crippen LogP contribution in [0.2, 0.25) is 5.02 Å². The molecule has 3 aromatic heterocycles. The van der Waals surface area contributed by atoms with Gasteiger partial charge >= 0.3 is 0 Å². The Labute approximate surface area is 165 Å². The molecule has 0 atom stereocenters. The van der Waals surface area contributed by atoms with Gasteiger partial charge in [-0.2, -0.15) is 0 Å². The topological polar surface area (TPSA) is 80.4 Å². The molecule has 0 aliphatic heterocycles. The molecule has 0 aliphatic rings. The van der Waals surface area contributed by atoms with Crippen molar-refractivity contribution < 1.29 is 5.11 Å². The Morgan fingerprint density at radius 2 is 1.86 bits per heavy atom. The molecule has 0 fully saturated rings. The Bertz CT molecular complexity index is 1260. The van der Waals surface area contributed by atoms with E-state index in [0.29, 0.717) is 33.0 Å². The highest BCUT2D eigenvalue weighted by molar-refractivity contribution is 6.30. The molecular weight excluding hydrogens is 376 g/mol. The van der Waals surface area contributed by atoms with Crippen LogP contribution in [0, 0.1) is 6.92 Å². The van der Waals surface area contributed by atoms with E-state index in [0.717, 1.165) is 5.69 Å². The van der Waals surface area contributed by atoms with Crippen LogP contribution < -0.4 is 5.56 Å². The summed E-state index contributed by atoms with van der Waals surface area (Å²) < 4.78 is 1.19. The molecule has 3 heterocycles. The van der Waals surface area contributed by atoms with Gasteiger partial charge in [-0.3, -0.25) is 4.79 Å². The van der Waals surface area contributed by atoms with Crippen molar-refractivity contribution in [2.24, 2.45) is 4.99 Å². The number of hydrogen-bond donors (Lipinski definition) is 1. The molecule has 4 aromatic rings. The van der Waals surface area contributed by atoms with E-state index in [4.69, 9.17) is 11.6 Å². The average Bonchev–Trinajstić information content (AvgIpc) is 2.69. The summed E-state index contributed by atoms with van der Waals surface area (Å²) in [6, 6.07) is 15.7. The predicted octanol–water partition coefficient (Wildman–Crippen LogP) is 4.20. The zero-order valence-electron chi connectivity index (χ0n) is 14.9. The highest BCUT2D eigenvalue weighted by atomic mass is 35.5. The maximum atomic E-state index is 13.0. The number of pyridine rings is 3. The zero-order valence-corrected chi connectivity index (χ0v) is 15.6. The second-order valence-electron chi connectivity index (χ2n) is 6.15. The van der Waals surface area contributed by atoms with E-state index in [9.17, 15) is 9.90 Å². The highest BCUT2D eigenvalue weighted by Gasteiger charge is 2.17. The molecule has 28 heavy (non-hydrogen) atoms. The molecule has 6 nitrogen and oxygen atoms in total. The van der Waals surface area contributed by atoms with Gasteiger partial charge in [-0.05, 0) is 37.3 Å². The van der Waals surface area contributed by atoms with Crippen molar-refractivity contribution in [1.29, 1.82) is 0 Å². The van der Waals surface area contributed by atoms with Gasteiger partial charge in [0.25, 0.3) is 5.56 Å². The van der Waals surface area contributed by atoms with Crippen LogP contribution in [0.15, 0.2) is 70.6 Å². The Hall–Kier alpha value is -3.51. The molecule has 0 radical (unpaired) electrons. The lowest BCUT2D eigenvalue weighted by Gasteiger charge is -2.13. The van der Waals surface area contributed by atoms with Crippen LogP contribution >= 0.6 is 11.6 Å². The number of fused-ring (bicyclic) bond motifs is 1. The Balaban J connectivity index is 1.97. The van der Waals surface area contributed by atoms with Crippen molar-refractivity contribution in [3.63, 3.8) is 0 Å². The Morgan fingerprint density at radius 1 is 1.07 bits per heavy atom. The largest absolute Gasteiger partial charge is 0.494 e. The first-order valence-electron chi connectivity index (χ1n) is 8.51. The number of aromatic nitrogens is 3. The van der Waals surface area contributed by atoms with E-state index in [2.05, 4.69) is 15.0 Å². The second kappa shape index (κ2) is 7.25. The third-order valence-corrected chi connectivity index (χ3v) is 4.47. The van der Waals surface area contributed by atoms with Crippen LogP contribution in [0.5, 0.6) is 5.88 Å². The zero-order chi connectivity index (χ0) is 19.7. The first-order valence-corrected chi connectivity index (χ1v) is 8.89. The van der Waals surface area contributed by atoms with Gasteiger partial charge in [0, 0.05) is 28.9 Å². The minimum absolute atomic E-state index is 0.237. The van der Waals surface area contributed by atoms with Crippen LogP contribution in [0.3, 0.4) is 0 Å². The summed E-state index contributed by atoms with van der Waals surface area (Å²) in [5.41, 5.74) is 0.778. The molecule has 0 unspecified atom stereocenters. The van der Waals surface area contributed by atoms with Crippen LogP contribution in [0.4, 0.5) is 5.82 Å². The van der Waals surface area contributed by atoms with Crippen molar-refractivity contribution in [2.45, 2.75) is 6.92 Å². The fourth-order valence-corrected chi connectivity index (χ4v) is 3.04. The van der Waals surface area contributed by atoms with Gasteiger partial charge in [0.1, 0.15) is 5.82 Å². The number of benzene rings is 1. The van der Waals surface area contributed by atoms with Gasteiger partial charge in [-0.1, -0.05) is 35.9 Å². The molecule has 138 valence electrons. The van der Waals surface area contributed by atoms with Crippen molar-refractivity contribution in [2.75, 3.05) is 0 Å². The van der Waals surface area contributed by atoms with Crippen LogP contribution in [-0.4, -0.2) is 25.9 Å². The quantitative estimate of drug-likeness (QED) is 0.531. The van der Waals surface area contributed by atoms with E-state index in [1.807, 2.05) is 13.0 Å². The molecule has 4 rings (SSSR count). The normalized spacial score (nSPS) is 11.4. The summed E-state index contributed by atoms with van der Waals surface area (Å²) in [6.07, 6.45) is 2.98. The maximum absolute atomic E-state index is 13.0. The van der Waals surface area contributed by atoms with Crippen molar-refractivity contribution in [1.82, 2.24) is 14.5 Å². The van der Waals surface area contributed by atoms with Crippen LogP contribution in [0.1, 0.15) is 11.3 Å². The lowest BCUT2D eigenvalue weighted by molar-refractivity contribution is 0.435. The number of aryl methyl sites for hydroxylation is 1. The molecule has 1 aromatic carbocycles. The second-order valence-corrected chi connectivity index (χ2v) is 6.59. The summed E-state index contributed by atoms with van der Waals surface area (Å²) in [7, 11) is 0. The van der Waals surface area contributed by atoms with Gasteiger partial charge in [-0.15, -0.1) is 0 Å². The van der Waals surface area contributed by atoms with Gasteiger partial charge in [0.15, 0.2) is 5.82 Å². The van der Waals surface area contributed by atoms with Crippen LogP contribution in [-0.2, 0) is 0 Å². The van der Waals surface area contributed by atoms with E-state index in [1.54, 1.807) is 48.5 Å². The van der Waals surface area contributed by atoms with Gasteiger partial charge in [-0.25, -0.2) is 19.5 Å². The summed E-state index contributed by atoms with van der Waals surface area (Å²) in [5.74, 6) is 0.534. The molecule has 0 aliphatic carbocycles. The van der Waals surface area contributed by atoms with Crippen molar-refractivity contribution >= 4 is 34.4 Å². The minimum atomic E-state index is -0.354. The van der Waals surface area contributed by atoms with Crippen molar-refractivity contribution in [3.05, 3.63) is 87.4 Å². The maximum Gasteiger partial charge on any atom is 0.267 e. The molecule has 0 saturated heterocycles. The van der Waals surface area contributed by atoms with Gasteiger partial charge in [0.05, 0.1) is 10.6 Å². The fourth-order valence-electron chi connectivity index (χ4n) is 2.93. The SMILES string of the molecule is Cc1cccc(-n2c(O)c(C=Nc3ccc(Cl)cn3)c3ccccc3c2=O)n1. The third kappa shape index (κ3) is 3.25. The predicted molar refractivity (Wildman–Crippen MR) is 110 cm³/mol. The molecule has 1 N–H and O–H groups in total. The summed E-state index contributed by atoms with van der Waals surface area (Å²) in [4.78, 5) is 25.8. The van der Waals surface area contributed by atoms with E-state index in [-0.39, 0.29) is 11.4 Å². The van der Waals surface area contributed by atoms with E-state index in [1.165, 1.54) is 17.0 Å². The van der Waals surface area contributed by atoms with Crippen LogP contribution in [0.25, 0.3) is 16.6 Å². The Morgan fingerprint density at radius 3 is 2.57 bits per heavy atom. The smallest absolute Gasteiger partial charge is 0.267 e. The number of halogens is 1. The monoisotopic (exact) mass is 390 g/mol. The van der Waals surface area contributed by atoms with E-state index < -0.39 is 0 Å². The molecular formula is C21H15ClN4O2. The molecule has 0 amide bonds. The fraction of sp³-hybridized carbons (Fsp3) is 0.0476. The van der Waals surface area contributed by atoms with Gasteiger partial charge in [0.2, 0.25) is 5.88 Å². The molecule has 7 heteroatoms. The van der Waals surface area contributed by atoms with Crippen molar-refractivity contribution in [3.8, 4) is 11.7 Å². The number of hydrogen-bond acceptors (Lipinski definition) is 5. The number of nitrogens with zero attached hydrogens (tertiary/aromatic N) is 4. The molecule has 0 bridgehead atoms. The number of rotatable bonds is 3. The molecule has 0 saturated carbocycles. The third-order valence-electron chi connectivity index (χ3n) is 4.24. The minimum Gasteiger partial charge on any atom is -0.494 e. The van der Waals surface area contributed by atoms with E-state index >= 15 is 0 Å². The summed E-state index contributed by atoms with van der Waals surface area (Å²) >= 11 is 5.85. The number of aromatic hydroxyl groups is 1. The van der Waals surface area contributed by atoms with Gasteiger partial charge < -0.3 is 5.11 Å². The average molecular weight is 391 g/mol.